The molecule has 2 aliphatic heterocycles. The van der Waals surface area contributed by atoms with Crippen LogP contribution in [0.1, 0.15) is 19.3 Å². The second-order valence-electron chi connectivity index (χ2n) is 5.79. The molecule has 6 nitrogen and oxygen atoms in total. The number of carbonyl (C=O) groups is 1. The Labute approximate surface area is 127 Å². The highest BCUT2D eigenvalue weighted by Crippen LogP contribution is 2.14. The fourth-order valence-corrected chi connectivity index (χ4v) is 2.92. The molecule has 21 heavy (non-hydrogen) atoms. The summed E-state index contributed by atoms with van der Waals surface area (Å²) in [6, 6.07) is 0. The van der Waals surface area contributed by atoms with Crippen LogP contribution < -0.4 is 5.32 Å². The number of nitrogens with one attached hydrogen (secondary N) is 1. The summed E-state index contributed by atoms with van der Waals surface area (Å²) < 4.78 is 10.8. The van der Waals surface area contributed by atoms with Crippen LogP contribution in [0.5, 0.6) is 0 Å². The van der Waals surface area contributed by atoms with E-state index in [1.54, 1.807) is 7.11 Å². The van der Waals surface area contributed by atoms with Crippen molar-refractivity contribution >= 4 is 5.91 Å². The number of piperazine rings is 1. The molecule has 0 aromatic heterocycles. The van der Waals surface area contributed by atoms with E-state index in [9.17, 15) is 4.79 Å². The van der Waals surface area contributed by atoms with E-state index in [0.717, 1.165) is 58.7 Å². The van der Waals surface area contributed by atoms with Gasteiger partial charge in [0.25, 0.3) is 0 Å². The Morgan fingerprint density at radius 1 is 1.14 bits per heavy atom. The molecular weight excluding hydrogens is 270 g/mol. The van der Waals surface area contributed by atoms with Gasteiger partial charge in [-0.2, -0.15) is 0 Å². The summed E-state index contributed by atoms with van der Waals surface area (Å²) in [6.07, 6.45) is 3.13. The number of hydrogen-bond donors (Lipinski definition) is 1. The van der Waals surface area contributed by atoms with Crippen LogP contribution in [-0.4, -0.2) is 87.9 Å². The van der Waals surface area contributed by atoms with E-state index in [4.69, 9.17) is 9.47 Å². The normalized spacial score (nSPS) is 21.7. The first-order chi connectivity index (χ1) is 10.3. The van der Waals surface area contributed by atoms with Gasteiger partial charge < -0.3 is 24.6 Å². The second kappa shape index (κ2) is 9.35. The van der Waals surface area contributed by atoms with E-state index in [2.05, 4.69) is 10.2 Å². The molecule has 2 saturated heterocycles. The third-order valence-electron chi connectivity index (χ3n) is 4.29. The molecule has 0 aromatic carbocycles. The van der Waals surface area contributed by atoms with Crippen LogP contribution in [0.4, 0.5) is 0 Å². The molecule has 2 rings (SSSR count). The molecule has 0 atom stereocenters. The lowest BCUT2D eigenvalue weighted by molar-refractivity contribution is -0.132. The zero-order chi connectivity index (χ0) is 14.9. The average molecular weight is 299 g/mol. The number of methoxy groups -OCH3 is 1. The fraction of sp³-hybridized carbons (Fsp3) is 0.933. The Morgan fingerprint density at radius 3 is 2.52 bits per heavy atom. The molecule has 0 aliphatic carbocycles. The number of hydrogen-bond acceptors (Lipinski definition) is 5. The van der Waals surface area contributed by atoms with Crippen molar-refractivity contribution in [2.24, 2.45) is 0 Å². The first-order valence-electron chi connectivity index (χ1n) is 8.11. The minimum atomic E-state index is 0.301. The van der Waals surface area contributed by atoms with E-state index in [1.807, 2.05) is 4.90 Å². The van der Waals surface area contributed by atoms with Crippen molar-refractivity contribution < 1.29 is 14.3 Å². The van der Waals surface area contributed by atoms with Gasteiger partial charge in [-0.3, -0.25) is 4.79 Å². The van der Waals surface area contributed by atoms with Crippen LogP contribution in [0.2, 0.25) is 0 Å². The topological polar surface area (TPSA) is 54.0 Å². The minimum absolute atomic E-state index is 0.301. The van der Waals surface area contributed by atoms with Crippen LogP contribution in [0.3, 0.4) is 0 Å². The molecule has 0 aromatic rings. The lowest BCUT2D eigenvalue weighted by atomic mass is 10.1. The molecule has 6 heteroatoms. The molecular formula is C15H29N3O3. The van der Waals surface area contributed by atoms with Crippen molar-refractivity contribution in [1.29, 1.82) is 0 Å². The highest BCUT2D eigenvalue weighted by atomic mass is 16.5. The van der Waals surface area contributed by atoms with E-state index in [1.165, 1.54) is 0 Å². The zero-order valence-corrected chi connectivity index (χ0v) is 13.2. The van der Waals surface area contributed by atoms with E-state index < -0.39 is 0 Å². The molecule has 122 valence electrons. The van der Waals surface area contributed by atoms with Gasteiger partial charge in [0.2, 0.25) is 5.91 Å². The number of piperidine rings is 1. The second-order valence-corrected chi connectivity index (χ2v) is 5.79. The van der Waals surface area contributed by atoms with Crippen LogP contribution in [0, 0.1) is 0 Å². The molecule has 0 bridgehead atoms. The van der Waals surface area contributed by atoms with Gasteiger partial charge >= 0.3 is 0 Å². The monoisotopic (exact) mass is 299 g/mol. The van der Waals surface area contributed by atoms with Crippen molar-refractivity contribution in [2.75, 3.05) is 66.1 Å². The summed E-state index contributed by atoms with van der Waals surface area (Å²) in [5.74, 6) is 0.301. The molecule has 2 heterocycles. The van der Waals surface area contributed by atoms with E-state index >= 15 is 0 Å². The lowest BCUT2D eigenvalue weighted by Gasteiger charge is -2.33. The Balaban J connectivity index is 1.57. The molecule has 0 saturated carbocycles. The Hall–Kier alpha value is -0.690. The van der Waals surface area contributed by atoms with Gasteiger partial charge in [-0.15, -0.1) is 0 Å². The first kappa shape index (κ1) is 16.7. The van der Waals surface area contributed by atoms with Gasteiger partial charge in [-0.1, -0.05) is 0 Å². The summed E-state index contributed by atoms with van der Waals surface area (Å²) in [5.41, 5.74) is 0. The SMILES string of the molecule is COCCOC1CCN(CCC(=O)N2CCNCC2)CC1. The predicted molar refractivity (Wildman–Crippen MR) is 81.4 cm³/mol. The van der Waals surface area contributed by atoms with Crippen molar-refractivity contribution in [3.05, 3.63) is 0 Å². The highest BCUT2D eigenvalue weighted by Gasteiger charge is 2.21. The van der Waals surface area contributed by atoms with Crippen LogP contribution in [0.15, 0.2) is 0 Å². The number of ether oxygens (including phenoxy) is 2. The molecule has 0 unspecified atom stereocenters. The molecule has 1 amide bonds. The number of amides is 1. The van der Waals surface area contributed by atoms with Gasteiger partial charge in [0.15, 0.2) is 0 Å². The molecule has 2 aliphatic rings. The maximum absolute atomic E-state index is 12.1. The molecule has 0 spiro atoms. The van der Waals surface area contributed by atoms with Gasteiger partial charge in [0.05, 0.1) is 19.3 Å². The van der Waals surface area contributed by atoms with Crippen LogP contribution in [-0.2, 0) is 14.3 Å². The third kappa shape index (κ3) is 5.90. The smallest absolute Gasteiger partial charge is 0.223 e. The summed E-state index contributed by atoms with van der Waals surface area (Å²) in [6.45, 7) is 7.86. The summed E-state index contributed by atoms with van der Waals surface area (Å²) >= 11 is 0. The maximum atomic E-state index is 12.1. The first-order valence-corrected chi connectivity index (χ1v) is 8.11. The summed E-state index contributed by atoms with van der Waals surface area (Å²) in [4.78, 5) is 16.5. The fourth-order valence-electron chi connectivity index (χ4n) is 2.92. The van der Waals surface area contributed by atoms with Crippen molar-refractivity contribution in [2.45, 2.75) is 25.4 Å². The van der Waals surface area contributed by atoms with Crippen molar-refractivity contribution in [3.63, 3.8) is 0 Å². The summed E-state index contributed by atoms with van der Waals surface area (Å²) in [5, 5.41) is 3.27. The molecule has 0 radical (unpaired) electrons. The maximum Gasteiger partial charge on any atom is 0.223 e. The molecule has 1 N–H and O–H groups in total. The summed E-state index contributed by atoms with van der Waals surface area (Å²) in [7, 11) is 1.70. The van der Waals surface area contributed by atoms with Gasteiger partial charge in [-0.25, -0.2) is 0 Å². The number of nitrogens with zero attached hydrogens (tertiary/aromatic N) is 2. The largest absolute Gasteiger partial charge is 0.382 e. The Kier molecular flexibility index (Phi) is 7.43. The Morgan fingerprint density at radius 2 is 1.86 bits per heavy atom. The lowest BCUT2D eigenvalue weighted by Crippen LogP contribution is -2.47. The van der Waals surface area contributed by atoms with E-state index in [0.29, 0.717) is 31.6 Å². The minimum Gasteiger partial charge on any atom is -0.382 e. The Bertz CT molecular complexity index is 301. The van der Waals surface area contributed by atoms with Crippen LogP contribution in [0.25, 0.3) is 0 Å². The number of carbonyl (C=O) groups excluding carboxylic acids is 1. The van der Waals surface area contributed by atoms with Crippen molar-refractivity contribution in [3.8, 4) is 0 Å². The number of likely N-dealkylation sites (tertiary alicyclic amines) is 1. The van der Waals surface area contributed by atoms with Crippen molar-refractivity contribution in [1.82, 2.24) is 15.1 Å². The standard InChI is InChI=1S/C15H29N3O3/c1-20-12-13-21-14-2-7-17(8-3-14)9-4-15(19)18-10-5-16-6-11-18/h14,16H,2-13H2,1H3. The van der Waals surface area contributed by atoms with Gasteiger partial charge in [-0.05, 0) is 12.8 Å². The predicted octanol–water partition coefficient (Wildman–Crippen LogP) is -0.0643. The van der Waals surface area contributed by atoms with Crippen LogP contribution >= 0.6 is 0 Å². The van der Waals surface area contributed by atoms with Gasteiger partial charge in [0.1, 0.15) is 0 Å². The quantitative estimate of drug-likeness (QED) is 0.667. The highest BCUT2D eigenvalue weighted by molar-refractivity contribution is 5.76. The van der Waals surface area contributed by atoms with Gasteiger partial charge in [0, 0.05) is 59.3 Å². The number of rotatable bonds is 7. The third-order valence-corrected chi connectivity index (χ3v) is 4.29. The van der Waals surface area contributed by atoms with E-state index in [-0.39, 0.29) is 0 Å². The zero-order valence-electron chi connectivity index (χ0n) is 13.2. The average Bonchev–Trinajstić information content (AvgIpc) is 2.55. The molecule has 2 fully saturated rings.